The molecule has 4 fully saturated rings. The van der Waals surface area contributed by atoms with E-state index in [1.165, 1.54) is 4.90 Å². The number of furan rings is 1. The molecule has 12 nitrogen and oxygen atoms in total. The van der Waals surface area contributed by atoms with Crippen LogP contribution in [0.4, 0.5) is 0 Å². The van der Waals surface area contributed by atoms with E-state index in [0.29, 0.717) is 24.3 Å². The minimum absolute atomic E-state index is 0.0480. The number of rotatable bonds is 14. The Morgan fingerprint density at radius 1 is 1.14 bits per heavy atom. The van der Waals surface area contributed by atoms with E-state index in [2.05, 4.69) is 16.9 Å². The third kappa shape index (κ3) is 7.82. The van der Waals surface area contributed by atoms with Gasteiger partial charge in [0.1, 0.15) is 35.3 Å². The lowest BCUT2D eigenvalue weighted by molar-refractivity contribution is -0.156. The molecule has 270 valence electrons. The molecule has 1 saturated heterocycles. The molecule has 2 amide bonds. The number of aromatic nitrogens is 1. The third-order valence-corrected chi connectivity index (χ3v) is 12.7. The van der Waals surface area contributed by atoms with Gasteiger partial charge in [-0.05, 0) is 62.5 Å². The van der Waals surface area contributed by atoms with Gasteiger partial charge in [-0.1, -0.05) is 26.8 Å². The van der Waals surface area contributed by atoms with Crippen molar-refractivity contribution >= 4 is 33.4 Å². The van der Waals surface area contributed by atoms with Crippen LogP contribution < -0.4 is 10.1 Å². The van der Waals surface area contributed by atoms with Crippen LogP contribution in [0.15, 0.2) is 54.0 Å². The van der Waals surface area contributed by atoms with E-state index < -0.39 is 79.3 Å². The fourth-order valence-corrected chi connectivity index (χ4v) is 8.97. The SMILES string of the molecule is C=C[C@@H]1C[C@]1(NC(=O)[C@@H]1C[C@@H](Oc2ccnc(-c3ccoc3)c2)CN1C(=O)[C@@H](CC(=O)OC1CCCC1)C(C)(C)C)C(=O)CS(=O)(=O)C1CC1. The second-order valence-corrected chi connectivity index (χ2v) is 17.6. The maximum atomic E-state index is 14.5. The predicted octanol–water partition coefficient (Wildman–Crippen LogP) is 4.44. The summed E-state index contributed by atoms with van der Waals surface area (Å²) >= 11 is 0. The second-order valence-electron chi connectivity index (χ2n) is 15.3. The molecule has 13 heteroatoms. The monoisotopic (exact) mass is 709 g/mol. The summed E-state index contributed by atoms with van der Waals surface area (Å²) in [6, 6.07) is 4.16. The van der Waals surface area contributed by atoms with Crippen LogP contribution in [-0.4, -0.2) is 83.2 Å². The number of nitrogens with one attached hydrogen (secondary N) is 1. The van der Waals surface area contributed by atoms with Gasteiger partial charge < -0.3 is 24.1 Å². The fourth-order valence-electron chi connectivity index (χ4n) is 7.26. The highest BCUT2D eigenvalue weighted by molar-refractivity contribution is 7.93. The number of ether oxygens (including phenoxy) is 2. The number of Topliss-reactive ketones (excluding diaryl/α,β-unsaturated/α-hetero) is 1. The summed E-state index contributed by atoms with van der Waals surface area (Å²) in [5, 5.41) is 2.35. The number of pyridine rings is 1. The molecule has 1 aliphatic heterocycles. The van der Waals surface area contributed by atoms with Crippen molar-refractivity contribution in [3.8, 4) is 17.0 Å². The Hall–Kier alpha value is -4.00. The summed E-state index contributed by atoms with van der Waals surface area (Å²) < 4.78 is 42.8. The van der Waals surface area contributed by atoms with Gasteiger partial charge in [0.05, 0.1) is 42.4 Å². The summed E-state index contributed by atoms with van der Waals surface area (Å²) in [7, 11) is -3.63. The van der Waals surface area contributed by atoms with Gasteiger partial charge in [-0.2, -0.15) is 0 Å². The number of carbonyl (C=O) groups excluding carboxylic acids is 4. The van der Waals surface area contributed by atoms with Gasteiger partial charge in [-0.25, -0.2) is 8.42 Å². The van der Waals surface area contributed by atoms with Crippen molar-refractivity contribution < 1.29 is 41.5 Å². The molecule has 0 radical (unpaired) electrons. The quantitative estimate of drug-likeness (QED) is 0.219. The molecule has 0 bridgehead atoms. The third-order valence-electron chi connectivity index (χ3n) is 10.5. The van der Waals surface area contributed by atoms with Crippen LogP contribution in [0.25, 0.3) is 11.3 Å². The predicted molar refractivity (Wildman–Crippen MR) is 183 cm³/mol. The molecule has 2 aromatic rings. The van der Waals surface area contributed by atoms with Gasteiger partial charge in [0.2, 0.25) is 11.8 Å². The smallest absolute Gasteiger partial charge is 0.306 e. The molecule has 2 aromatic heterocycles. The zero-order valence-corrected chi connectivity index (χ0v) is 29.8. The van der Waals surface area contributed by atoms with Crippen molar-refractivity contribution in [2.24, 2.45) is 17.3 Å². The Morgan fingerprint density at radius 2 is 1.88 bits per heavy atom. The Balaban J connectivity index is 1.24. The Bertz CT molecular complexity index is 1720. The number of nitrogens with zero attached hydrogens (tertiary/aromatic N) is 2. The molecule has 3 heterocycles. The van der Waals surface area contributed by atoms with Crippen molar-refractivity contribution in [1.82, 2.24) is 15.2 Å². The van der Waals surface area contributed by atoms with E-state index in [9.17, 15) is 27.6 Å². The molecule has 3 aliphatic carbocycles. The highest BCUT2D eigenvalue weighted by Gasteiger charge is 2.61. The maximum absolute atomic E-state index is 14.5. The summed E-state index contributed by atoms with van der Waals surface area (Å²) in [4.78, 5) is 61.2. The zero-order valence-electron chi connectivity index (χ0n) is 29.0. The lowest BCUT2D eigenvalue weighted by Gasteiger charge is -2.35. The van der Waals surface area contributed by atoms with Crippen LogP contribution in [0.2, 0.25) is 0 Å². The topological polar surface area (TPSA) is 162 Å². The van der Waals surface area contributed by atoms with Gasteiger partial charge in [0.15, 0.2) is 15.6 Å². The number of esters is 1. The maximum Gasteiger partial charge on any atom is 0.306 e. The molecular formula is C37H47N3O9S. The molecule has 0 unspecified atom stereocenters. The van der Waals surface area contributed by atoms with Gasteiger partial charge in [0, 0.05) is 30.2 Å². The van der Waals surface area contributed by atoms with E-state index in [0.717, 1.165) is 31.2 Å². The molecule has 0 aromatic carbocycles. The van der Waals surface area contributed by atoms with Crippen LogP contribution >= 0.6 is 0 Å². The number of hydrogen-bond acceptors (Lipinski definition) is 10. The first-order chi connectivity index (χ1) is 23.7. The fraction of sp³-hybridized carbons (Fsp3) is 0.595. The summed E-state index contributed by atoms with van der Waals surface area (Å²) in [6.07, 6.45) is 10.3. The van der Waals surface area contributed by atoms with Gasteiger partial charge in [-0.15, -0.1) is 6.58 Å². The summed E-state index contributed by atoms with van der Waals surface area (Å²) in [5.41, 5.74) is -0.688. The number of hydrogen-bond donors (Lipinski definition) is 1. The van der Waals surface area contributed by atoms with Gasteiger partial charge >= 0.3 is 5.97 Å². The standard InChI is InChI=1S/C37H47N3O9S/c1-5-24-19-37(24,32(41)22-50(45,46)28-10-11-28)39-34(43)31-17-27(48-26-12-14-38-30(16-26)23-13-15-47-21-23)20-40(31)35(44)29(36(2,3)4)18-33(42)49-25-8-6-7-9-25/h5,12-16,21,24-25,27-29,31H,1,6-11,17-20,22H2,2-4H3,(H,39,43)/t24-,27-,29-,31+,37-/m1/s1. The number of ketones is 1. The first-order valence-electron chi connectivity index (χ1n) is 17.5. The van der Waals surface area contributed by atoms with Crippen molar-refractivity contribution in [2.45, 2.75) is 108 Å². The molecule has 3 saturated carbocycles. The minimum Gasteiger partial charge on any atom is -0.488 e. The normalized spacial score (nSPS) is 25.9. The van der Waals surface area contributed by atoms with Crippen LogP contribution in [0.3, 0.4) is 0 Å². The van der Waals surface area contributed by atoms with E-state index in [-0.39, 0.29) is 31.9 Å². The Labute approximate surface area is 293 Å². The van der Waals surface area contributed by atoms with Crippen molar-refractivity contribution in [2.75, 3.05) is 12.3 Å². The van der Waals surface area contributed by atoms with E-state index >= 15 is 0 Å². The van der Waals surface area contributed by atoms with Crippen LogP contribution in [0, 0.1) is 17.3 Å². The van der Waals surface area contributed by atoms with Crippen LogP contribution in [0.1, 0.15) is 78.6 Å². The minimum atomic E-state index is -3.63. The highest BCUT2D eigenvalue weighted by Crippen LogP contribution is 2.46. The molecule has 6 rings (SSSR count). The highest BCUT2D eigenvalue weighted by atomic mass is 32.2. The lowest BCUT2D eigenvalue weighted by Crippen LogP contribution is -2.55. The average Bonchev–Trinajstić information content (AvgIpc) is 3.81. The summed E-state index contributed by atoms with van der Waals surface area (Å²) in [6.45, 7) is 9.47. The Morgan fingerprint density at radius 3 is 2.50 bits per heavy atom. The molecular weight excluding hydrogens is 662 g/mol. The van der Waals surface area contributed by atoms with Crippen LogP contribution in [-0.2, 0) is 33.8 Å². The van der Waals surface area contributed by atoms with Gasteiger partial charge in [0.25, 0.3) is 0 Å². The molecule has 4 aliphatic rings. The van der Waals surface area contributed by atoms with Crippen molar-refractivity contribution in [3.63, 3.8) is 0 Å². The number of sulfone groups is 1. The van der Waals surface area contributed by atoms with Crippen LogP contribution in [0.5, 0.6) is 5.75 Å². The van der Waals surface area contributed by atoms with Crippen molar-refractivity contribution in [3.05, 3.63) is 49.6 Å². The van der Waals surface area contributed by atoms with E-state index in [1.807, 2.05) is 20.8 Å². The molecule has 50 heavy (non-hydrogen) atoms. The second kappa shape index (κ2) is 14.0. The Kier molecular flexibility index (Phi) is 10.00. The molecule has 5 atom stereocenters. The van der Waals surface area contributed by atoms with E-state index in [4.69, 9.17) is 13.9 Å². The average molecular weight is 710 g/mol. The number of likely N-dealkylation sites (tertiary alicyclic amines) is 1. The van der Waals surface area contributed by atoms with Gasteiger partial charge in [-0.3, -0.25) is 24.2 Å². The largest absolute Gasteiger partial charge is 0.488 e. The molecule has 0 spiro atoms. The first kappa shape index (κ1) is 35.8. The number of carbonyl (C=O) groups is 4. The number of amides is 2. The zero-order chi connectivity index (χ0) is 35.8. The van der Waals surface area contributed by atoms with Crippen molar-refractivity contribution in [1.29, 1.82) is 0 Å². The lowest BCUT2D eigenvalue weighted by atomic mass is 9.77. The molecule has 1 N–H and O–H groups in total. The van der Waals surface area contributed by atoms with E-state index in [1.54, 1.807) is 43.0 Å². The first-order valence-corrected chi connectivity index (χ1v) is 19.3. The summed E-state index contributed by atoms with van der Waals surface area (Å²) in [5.74, 6) is -3.41.